The number of nitrogens with one attached hydrogen (secondary N) is 1. The van der Waals surface area contributed by atoms with Crippen LogP contribution in [0.25, 0.3) is 16.6 Å². The molecule has 154 valence electrons. The average molecular weight is 424 g/mol. The van der Waals surface area contributed by atoms with Crippen molar-refractivity contribution in [2.45, 2.75) is 25.8 Å². The van der Waals surface area contributed by atoms with Crippen molar-refractivity contribution in [3.8, 4) is 10.6 Å². The van der Waals surface area contributed by atoms with E-state index in [1.807, 2.05) is 66.9 Å². The highest BCUT2D eigenvalue weighted by Gasteiger charge is 2.34. The third kappa shape index (κ3) is 4.67. The van der Waals surface area contributed by atoms with Gasteiger partial charge in [-0.05, 0) is 60.7 Å². The molecule has 1 N–H and O–H groups in total. The van der Waals surface area contributed by atoms with Crippen LogP contribution in [-0.2, 0) is 4.74 Å². The van der Waals surface area contributed by atoms with Gasteiger partial charge in [0.05, 0.1) is 29.0 Å². The Kier molecular flexibility index (Phi) is 6.38. The van der Waals surface area contributed by atoms with Crippen molar-refractivity contribution in [1.29, 1.82) is 0 Å². The Bertz CT molecular complexity index is 1020. The van der Waals surface area contributed by atoms with Crippen molar-refractivity contribution in [2.24, 2.45) is 0 Å². The first-order valence-corrected chi connectivity index (χ1v) is 10.9. The van der Waals surface area contributed by atoms with Crippen molar-refractivity contribution in [1.82, 2.24) is 9.79 Å². The minimum absolute atomic E-state index is 0.471. The first-order valence-electron chi connectivity index (χ1n) is 10.0. The molecule has 3 nitrogen and oxygen atoms in total. The molecule has 0 radical (unpaired) electrons. The lowest BCUT2D eigenvalue weighted by Crippen LogP contribution is -2.35. The zero-order chi connectivity index (χ0) is 20.9. The van der Waals surface area contributed by atoms with E-state index in [0.717, 1.165) is 45.2 Å². The summed E-state index contributed by atoms with van der Waals surface area (Å²) in [5.41, 5.74) is 3.40. The van der Waals surface area contributed by atoms with Crippen LogP contribution in [0.1, 0.15) is 25.5 Å². The van der Waals surface area contributed by atoms with Gasteiger partial charge in [-0.3, -0.25) is 8.63 Å². The van der Waals surface area contributed by atoms with Gasteiger partial charge < -0.3 is 14.5 Å². The summed E-state index contributed by atoms with van der Waals surface area (Å²) in [4.78, 5) is 5.55. The lowest BCUT2D eigenvalue weighted by molar-refractivity contribution is 0.217. The van der Waals surface area contributed by atoms with Crippen LogP contribution < -0.4 is 0 Å². The highest BCUT2D eigenvalue weighted by molar-refractivity contribution is 7.13. The highest BCUT2D eigenvalue weighted by Crippen LogP contribution is 2.29. The first-order chi connectivity index (χ1) is 14.6. The van der Waals surface area contributed by atoms with Gasteiger partial charge in [-0.25, -0.2) is 0 Å². The van der Waals surface area contributed by atoms with E-state index in [9.17, 15) is 8.63 Å². The Hall–Kier alpha value is -2.80. The number of allylic oxidation sites excluding steroid dienone is 6. The molecule has 0 bridgehead atoms. The summed E-state index contributed by atoms with van der Waals surface area (Å²) in [6.45, 7) is 2.62. The monoisotopic (exact) mass is 424 g/mol. The van der Waals surface area contributed by atoms with Crippen molar-refractivity contribution in [3.05, 3.63) is 88.8 Å². The van der Waals surface area contributed by atoms with E-state index in [1.54, 1.807) is 23.5 Å². The molecule has 7 heteroatoms. The normalized spacial score (nSPS) is 20.2. The van der Waals surface area contributed by atoms with Gasteiger partial charge in [-0.1, -0.05) is 30.4 Å². The van der Waals surface area contributed by atoms with Crippen LogP contribution in [-0.4, -0.2) is 29.8 Å². The molecular formula is C23H23BF2N2OS. The van der Waals surface area contributed by atoms with Crippen molar-refractivity contribution < 1.29 is 13.4 Å². The van der Waals surface area contributed by atoms with E-state index < -0.39 is 13.4 Å². The number of rotatable bonds is 7. The lowest BCUT2D eigenvalue weighted by Gasteiger charge is -2.23. The fraction of sp³-hybridized carbons (Fsp3) is 0.217. The van der Waals surface area contributed by atoms with E-state index in [2.05, 4.69) is 4.98 Å². The molecule has 2 aliphatic rings. The summed E-state index contributed by atoms with van der Waals surface area (Å²) >= 11 is 1.64. The Labute approximate surface area is 180 Å². The number of H-pyrrole nitrogens is 1. The quantitative estimate of drug-likeness (QED) is 0.518. The smallest absolute Gasteiger partial charge is 0.498 e. The zero-order valence-corrected chi connectivity index (χ0v) is 17.5. The standard InChI is InChI=1S/C23H23BF2N2OS/c1-2-29-21-12-6-17(7-13-21)5-9-19-10-11-20(28(19)24(25)26)16-18-8-14-22(27-18)23-4-3-15-30-23/h3-6,8-12,14-16,19,27H,2,7,13H2,1H3/b9-5+,20-16-. The Morgan fingerprint density at radius 2 is 2.17 bits per heavy atom. The molecule has 2 aromatic heterocycles. The second kappa shape index (κ2) is 9.35. The number of ether oxygens (including phenoxy) is 1. The number of aromatic nitrogens is 1. The number of hydrogen-bond acceptors (Lipinski definition) is 3. The van der Waals surface area contributed by atoms with E-state index in [0.29, 0.717) is 12.3 Å². The molecule has 1 aliphatic carbocycles. The SMILES string of the molecule is CCOC1=CC=C(/C=C/C2C=C/C(=C/c3ccc(-c4cccs4)[nH]3)N2B(F)F)CC1. The van der Waals surface area contributed by atoms with Crippen LogP contribution in [0.15, 0.2) is 83.1 Å². The van der Waals surface area contributed by atoms with Crippen LogP contribution >= 0.6 is 11.3 Å². The second-order valence-electron chi connectivity index (χ2n) is 7.08. The largest absolute Gasteiger partial charge is 0.674 e. The van der Waals surface area contributed by atoms with E-state index >= 15 is 0 Å². The van der Waals surface area contributed by atoms with Crippen molar-refractivity contribution in [3.63, 3.8) is 0 Å². The fourth-order valence-electron chi connectivity index (χ4n) is 3.60. The maximum absolute atomic E-state index is 13.8. The maximum atomic E-state index is 13.8. The number of aromatic amines is 1. The predicted octanol–water partition coefficient (Wildman–Crippen LogP) is 6.45. The minimum atomic E-state index is -2.59. The summed E-state index contributed by atoms with van der Waals surface area (Å²) in [5.74, 6) is 0.975. The summed E-state index contributed by atoms with van der Waals surface area (Å²) in [7, 11) is -2.59. The van der Waals surface area contributed by atoms with Crippen molar-refractivity contribution in [2.75, 3.05) is 6.61 Å². The number of thiophene rings is 1. The Morgan fingerprint density at radius 1 is 1.27 bits per heavy atom. The molecule has 30 heavy (non-hydrogen) atoms. The van der Waals surface area contributed by atoms with Gasteiger partial charge in [-0.2, -0.15) is 0 Å². The van der Waals surface area contributed by atoms with Gasteiger partial charge >= 0.3 is 7.40 Å². The van der Waals surface area contributed by atoms with Gasteiger partial charge in [0, 0.05) is 17.8 Å². The molecular weight excluding hydrogens is 401 g/mol. The second-order valence-corrected chi connectivity index (χ2v) is 8.02. The molecule has 4 rings (SSSR count). The molecule has 0 aromatic carbocycles. The van der Waals surface area contributed by atoms with Gasteiger partial charge in [0.15, 0.2) is 0 Å². The van der Waals surface area contributed by atoms with Crippen LogP contribution in [0.2, 0.25) is 0 Å². The van der Waals surface area contributed by atoms with Gasteiger partial charge in [0.2, 0.25) is 0 Å². The molecule has 3 heterocycles. The molecule has 0 saturated heterocycles. The van der Waals surface area contributed by atoms with Crippen molar-refractivity contribution >= 4 is 24.8 Å². The van der Waals surface area contributed by atoms with E-state index in [-0.39, 0.29) is 0 Å². The van der Waals surface area contributed by atoms with Gasteiger partial charge in [-0.15, -0.1) is 11.3 Å². The third-order valence-electron chi connectivity index (χ3n) is 5.07. The average Bonchev–Trinajstić information content (AvgIpc) is 3.49. The van der Waals surface area contributed by atoms with E-state index in [1.165, 1.54) is 0 Å². The molecule has 0 saturated carbocycles. The maximum Gasteiger partial charge on any atom is 0.674 e. The summed E-state index contributed by atoms with van der Waals surface area (Å²) in [6.07, 6.45) is 14.8. The number of nitrogens with zero attached hydrogens (tertiary/aromatic N) is 1. The van der Waals surface area contributed by atoms with Crippen LogP contribution in [0.3, 0.4) is 0 Å². The first kappa shape index (κ1) is 20.5. The summed E-state index contributed by atoms with van der Waals surface area (Å²) in [5, 5.41) is 2.01. The number of halogens is 2. The molecule has 1 unspecified atom stereocenters. The molecule has 1 aliphatic heterocycles. The summed E-state index contributed by atoms with van der Waals surface area (Å²) < 4.78 is 33.2. The number of hydrogen-bond donors (Lipinski definition) is 1. The molecule has 0 spiro atoms. The van der Waals surface area contributed by atoms with Gasteiger partial charge in [0.25, 0.3) is 0 Å². The van der Waals surface area contributed by atoms with Gasteiger partial charge in [0.1, 0.15) is 0 Å². The fourth-order valence-corrected chi connectivity index (χ4v) is 4.31. The lowest BCUT2D eigenvalue weighted by atomic mass is 10.0. The third-order valence-corrected chi connectivity index (χ3v) is 5.98. The topological polar surface area (TPSA) is 28.3 Å². The molecule has 1 atom stereocenters. The zero-order valence-electron chi connectivity index (χ0n) is 16.7. The minimum Gasteiger partial charge on any atom is -0.498 e. The van der Waals surface area contributed by atoms with Crippen LogP contribution in [0.4, 0.5) is 8.63 Å². The predicted molar refractivity (Wildman–Crippen MR) is 121 cm³/mol. The molecule has 0 fully saturated rings. The highest BCUT2D eigenvalue weighted by atomic mass is 32.1. The Morgan fingerprint density at radius 3 is 2.87 bits per heavy atom. The van der Waals surface area contributed by atoms with Crippen LogP contribution in [0, 0.1) is 0 Å². The molecule has 2 aromatic rings. The summed E-state index contributed by atoms with van der Waals surface area (Å²) in [6, 6.07) is 7.43. The molecule has 0 amide bonds. The Balaban J connectivity index is 1.48. The van der Waals surface area contributed by atoms with Crippen LogP contribution in [0.5, 0.6) is 0 Å². The van der Waals surface area contributed by atoms with E-state index in [4.69, 9.17) is 4.74 Å².